The van der Waals surface area contributed by atoms with Crippen LogP contribution in [-0.4, -0.2) is 57.1 Å². The molecule has 0 spiro atoms. The van der Waals surface area contributed by atoms with Gasteiger partial charge in [0.2, 0.25) is 17.7 Å². The molecule has 3 amide bonds. The average molecular weight is 302 g/mol. The van der Waals surface area contributed by atoms with Crippen molar-refractivity contribution in [1.82, 2.24) is 16.0 Å². The molecule has 1 atom stereocenters. The molecule has 0 unspecified atom stereocenters. The lowest BCUT2D eigenvalue weighted by molar-refractivity contribution is -0.127. The lowest BCUT2D eigenvalue weighted by Gasteiger charge is -2.15. The van der Waals surface area contributed by atoms with Gasteiger partial charge < -0.3 is 26.4 Å². The zero-order valence-electron chi connectivity index (χ0n) is 12.9. The second-order valence-corrected chi connectivity index (χ2v) is 4.93. The highest BCUT2D eigenvalue weighted by molar-refractivity contribution is 5.87. The molecule has 0 saturated carbocycles. The summed E-state index contributed by atoms with van der Waals surface area (Å²) in [6, 6.07) is -0.635. The van der Waals surface area contributed by atoms with Crippen LogP contribution >= 0.6 is 0 Å². The van der Waals surface area contributed by atoms with Crippen LogP contribution in [0.5, 0.6) is 0 Å². The number of nitrogens with two attached hydrogens (primary N) is 1. The van der Waals surface area contributed by atoms with Crippen molar-refractivity contribution in [3.8, 4) is 0 Å². The Balaban J connectivity index is 3.72. The van der Waals surface area contributed by atoms with E-state index >= 15 is 0 Å². The summed E-state index contributed by atoms with van der Waals surface area (Å²) in [5, 5.41) is 7.62. The van der Waals surface area contributed by atoms with Gasteiger partial charge in [-0.3, -0.25) is 14.4 Å². The van der Waals surface area contributed by atoms with Gasteiger partial charge in [-0.2, -0.15) is 0 Å². The fourth-order valence-corrected chi connectivity index (χ4v) is 1.35. The summed E-state index contributed by atoms with van der Waals surface area (Å²) in [4.78, 5) is 34.3. The summed E-state index contributed by atoms with van der Waals surface area (Å²) in [6.45, 7) is 4.60. The number of nitrogens with one attached hydrogen (secondary N) is 3. The van der Waals surface area contributed by atoms with Gasteiger partial charge in [-0.25, -0.2) is 0 Å². The molecule has 0 bridgehead atoms. The molecule has 0 radical (unpaired) electrons. The van der Waals surface area contributed by atoms with Gasteiger partial charge in [-0.05, 0) is 5.92 Å². The van der Waals surface area contributed by atoms with Crippen molar-refractivity contribution in [2.45, 2.75) is 26.3 Å². The van der Waals surface area contributed by atoms with Crippen molar-refractivity contribution in [2.24, 2.45) is 11.7 Å². The van der Waals surface area contributed by atoms with Gasteiger partial charge in [-0.15, -0.1) is 0 Å². The van der Waals surface area contributed by atoms with Crippen LogP contribution in [0.2, 0.25) is 0 Å². The normalized spacial score (nSPS) is 11.9. The van der Waals surface area contributed by atoms with Gasteiger partial charge in [0.1, 0.15) is 0 Å². The Labute approximate surface area is 125 Å². The summed E-state index contributed by atoms with van der Waals surface area (Å²) in [6.07, 6.45) is 0.176. The summed E-state index contributed by atoms with van der Waals surface area (Å²) in [5.41, 5.74) is 5.64. The van der Waals surface area contributed by atoms with Crippen molar-refractivity contribution in [3.05, 3.63) is 0 Å². The first kappa shape index (κ1) is 19.3. The zero-order chi connectivity index (χ0) is 16.3. The Kier molecular flexibility index (Phi) is 10.2. The summed E-state index contributed by atoms with van der Waals surface area (Å²) in [5.74, 6) is -0.886. The van der Waals surface area contributed by atoms with Crippen molar-refractivity contribution in [3.63, 3.8) is 0 Å². The van der Waals surface area contributed by atoms with Gasteiger partial charge >= 0.3 is 0 Å². The van der Waals surface area contributed by atoms with Crippen LogP contribution in [0.1, 0.15) is 20.3 Å². The SMILES string of the molecule is COCCNC(=O)CCNC(=O)CNC(=O)[C@@H](N)C(C)C. The molecule has 8 heteroatoms. The predicted molar refractivity (Wildman–Crippen MR) is 78.3 cm³/mol. The topological polar surface area (TPSA) is 123 Å². The van der Waals surface area contributed by atoms with E-state index in [0.717, 1.165) is 0 Å². The maximum absolute atomic E-state index is 11.5. The van der Waals surface area contributed by atoms with E-state index in [9.17, 15) is 14.4 Å². The molecule has 0 aromatic carbocycles. The molecule has 0 aliphatic carbocycles. The van der Waals surface area contributed by atoms with Crippen LogP contribution in [0.15, 0.2) is 0 Å². The minimum absolute atomic E-state index is 0.00357. The van der Waals surface area contributed by atoms with E-state index in [2.05, 4.69) is 16.0 Å². The van der Waals surface area contributed by atoms with Gasteiger partial charge in [-0.1, -0.05) is 13.8 Å². The van der Waals surface area contributed by atoms with E-state index in [1.807, 2.05) is 13.8 Å². The van der Waals surface area contributed by atoms with Gasteiger partial charge in [0.05, 0.1) is 19.2 Å². The fourth-order valence-electron chi connectivity index (χ4n) is 1.35. The molecule has 0 aromatic heterocycles. The van der Waals surface area contributed by atoms with Gasteiger partial charge in [0, 0.05) is 26.6 Å². The fraction of sp³-hybridized carbons (Fsp3) is 0.769. The molecule has 122 valence electrons. The lowest BCUT2D eigenvalue weighted by atomic mass is 10.1. The Bertz CT molecular complexity index is 347. The van der Waals surface area contributed by atoms with Crippen LogP contribution in [0.4, 0.5) is 0 Å². The Morgan fingerprint density at radius 2 is 1.67 bits per heavy atom. The number of methoxy groups -OCH3 is 1. The van der Waals surface area contributed by atoms with E-state index in [1.54, 1.807) is 7.11 Å². The number of rotatable bonds is 10. The number of hydrogen-bond donors (Lipinski definition) is 4. The number of amides is 3. The van der Waals surface area contributed by atoms with Crippen molar-refractivity contribution in [2.75, 3.05) is 33.4 Å². The highest BCUT2D eigenvalue weighted by atomic mass is 16.5. The van der Waals surface area contributed by atoms with E-state index in [-0.39, 0.29) is 43.1 Å². The number of ether oxygens (including phenoxy) is 1. The molecule has 0 aliphatic heterocycles. The molecule has 21 heavy (non-hydrogen) atoms. The molecular formula is C13H26N4O4. The standard InChI is InChI=1S/C13H26N4O4/c1-9(2)12(14)13(20)17-8-11(19)15-5-4-10(18)16-6-7-21-3/h9,12H,4-8,14H2,1-3H3,(H,15,19)(H,16,18)(H,17,20)/t12-/m0/s1. The van der Waals surface area contributed by atoms with E-state index in [4.69, 9.17) is 10.5 Å². The third-order valence-electron chi connectivity index (χ3n) is 2.75. The van der Waals surface area contributed by atoms with Crippen LogP contribution in [-0.2, 0) is 19.1 Å². The van der Waals surface area contributed by atoms with Crippen LogP contribution in [0.3, 0.4) is 0 Å². The van der Waals surface area contributed by atoms with Crippen molar-refractivity contribution in [1.29, 1.82) is 0 Å². The number of hydrogen-bond acceptors (Lipinski definition) is 5. The van der Waals surface area contributed by atoms with Crippen LogP contribution in [0.25, 0.3) is 0 Å². The molecule has 0 saturated heterocycles. The number of carbonyl (C=O) groups is 3. The van der Waals surface area contributed by atoms with E-state index < -0.39 is 6.04 Å². The predicted octanol–water partition coefficient (Wildman–Crippen LogP) is -1.65. The molecule has 0 heterocycles. The first-order valence-electron chi connectivity index (χ1n) is 6.94. The van der Waals surface area contributed by atoms with Gasteiger partial charge in [0.15, 0.2) is 0 Å². The largest absolute Gasteiger partial charge is 0.383 e. The lowest BCUT2D eigenvalue weighted by Crippen LogP contribution is -2.47. The van der Waals surface area contributed by atoms with Crippen LogP contribution < -0.4 is 21.7 Å². The third-order valence-corrected chi connectivity index (χ3v) is 2.75. The molecule has 0 fully saturated rings. The molecule has 0 aromatic rings. The third kappa shape index (κ3) is 9.80. The minimum Gasteiger partial charge on any atom is -0.383 e. The maximum atomic E-state index is 11.5. The minimum atomic E-state index is -0.635. The number of carbonyl (C=O) groups excluding carboxylic acids is 3. The van der Waals surface area contributed by atoms with E-state index in [0.29, 0.717) is 13.2 Å². The monoisotopic (exact) mass is 302 g/mol. The Morgan fingerprint density at radius 3 is 2.24 bits per heavy atom. The molecule has 0 aliphatic rings. The second-order valence-electron chi connectivity index (χ2n) is 4.93. The average Bonchev–Trinajstić information content (AvgIpc) is 2.44. The smallest absolute Gasteiger partial charge is 0.239 e. The summed E-state index contributed by atoms with van der Waals surface area (Å²) >= 11 is 0. The van der Waals surface area contributed by atoms with Gasteiger partial charge in [0.25, 0.3) is 0 Å². The molecule has 0 rings (SSSR count). The van der Waals surface area contributed by atoms with Crippen molar-refractivity contribution < 1.29 is 19.1 Å². The Hall–Kier alpha value is -1.67. The van der Waals surface area contributed by atoms with Crippen molar-refractivity contribution >= 4 is 17.7 Å². The molecular weight excluding hydrogens is 276 g/mol. The molecule has 5 N–H and O–H groups in total. The Morgan fingerprint density at radius 1 is 1.05 bits per heavy atom. The zero-order valence-corrected chi connectivity index (χ0v) is 12.9. The highest BCUT2D eigenvalue weighted by Crippen LogP contribution is 1.97. The summed E-state index contributed by atoms with van der Waals surface area (Å²) < 4.78 is 4.79. The molecule has 8 nitrogen and oxygen atoms in total. The van der Waals surface area contributed by atoms with Crippen LogP contribution in [0, 0.1) is 5.92 Å². The second kappa shape index (κ2) is 11.0. The first-order chi connectivity index (χ1) is 9.88. The maximum Gasteiger partial charge on any atom is 0.239 e. The first-order valence-corrected chi connectivity index (χ1v) is 6.94. The highest BCUT2D eigenvalue weighted by Gasteiger charge is 2.17. The quantitative estimate of drug-likeness (QED) is 0.360. The van der Waals surface area contributed by atoms with E-state index in [1.165, 1.54) is 0 Å². The summed E-state index contributed by atoms with van der Waals surface area (Å²) in [7, 11) is 1.55.